The summed E-state index contributed by atoms with van der Waals surface area (Å²) in [5.74, 6) is 0.0255. The van der Waals surface area contributed by atoms with Crippen LogP contribution in [0.4, 0.5) is 0 Å². The molecule has 1 heterocycles. The molecule has 1 N–H and O–H groups in total. The number of carbonyl (C=O) groups is 1. The number of rotatable bonds is 5. The summed E-state index contributed by atoms with van der Waals surface area (Å²) >= 11 is 0. The predicted octanol–water partition coefficient (Wildman–Crippen LogP) is 0.648. The van der Waals surface area contributed by atoms with Crippen LogP contribution in [0.2, 0.25) is 0 Å². The number of carbonyl (C=O) groups excluding carboxylic acids is 1. The number of nitrogens with zero attached hydrogens (tertiary/aromatic N) is 1. The zero-order chi connectivity index (χ0) is 18.7. The van der Waals surface area contributed by atoms with E-state index in [0.717, 1.165) is 11.1 Å². The van der Waals surface area contributed by atoms with E-state index in [1.54, 1.807) is 26.0 Å². The van der Waals surface area contributed by atoms with Gasteiger partial charge in [-0.3, -0.25) is 4.79 Å². The molecule has 0 aliphatic heterocycles. The maximum Gasteiger partial charge on any atom is 1.00 e. The standard InChI is InChI=1S/C19H18N2O4S.Na.H/c1-3-17(22)21-26(23,24)16-11-7-10-15(12-16)18-13(2)25-20-19(18)14-8-5-4-6-9-14;;/h4-12H,3H2,1-2H3,(H,21,22);;/q;+1;-1. The molecule has 8 heteroatoms. The van der Waals surface area contributed by atoms with E-state index in [1.807, 2.05) is 35.1 Å². The Kier molecular flexibility index (Phi) is 7.00. The summed E-state index contributed by atoms with van der Waals surface area (Å²) in [5, 5.41) is 4.12. The third-order valence-electron chi connectivity index (χ3n) is 3.91. The molecule has 1 amide bonds. The summed E-state index contributed by atoms with van der Waals surface area (Å²) in [6.07, 6.45) is 0.0852. The van der Waals surface area contributed by atoms with Crippen molar-refractivity contribution in [2.24, 2.45) is 0 Å². The van der Waals surface area contributed by atoms with Gasteiger partial charge in [-0.15, -0.1) is 0 Å². The second-order valence-corrected chi connectivity index (χ2v) is 7.42. The fraction of sp³-hybridized carbons (Fsp3) is 0.158. The van der Waals surface area contributed by atoms with Crippen LogP contribution < -0.4 is 34.3 Å². The van der Waals surface area contributed by atoms with E-state index in [9.17, 15) is 13.2 Å². The average molecular weight is 394 g/mol. The van der Waals surface area contributed by atoms with Crippen molar-refractivity contribution in [3.63, 3.8) is 0 Å². The minimum absolute atomic E-state index is 0. The van der Waals surface area contributed by atoms with Gasteiger partial charge in [-0.1, -0.05) is 54.5 Å². The minimum atomic E-state index is -3.93. The SMILES string of the molecule is CCC(=O)NS(=O)(=O)c1cccc(-c2c(-c3ccccc3)noc2C)c1.[H-].[Na+]. The van der Waals surface area contributed by atoms with Crippen LogP contribution in [0.5, 0.6) is 0 Å². The molecule has 1 aromatic heterocycles. The average Bonchev–Trinajstić information content (AvgIpc) is 3.03. The Morgan fingerprint density at radius 2 is 1.78 bits per heavy atom. The van der Waals surface area contributed by atoms with Crippen LogP contribution in [-0.2, 0) is 14.8 Å². The first-order valence-electron chi connectivity index (χ1n) is 8.10. The number of amides is 1. The van der Waals surface area contributed by atoms with E-state index in [2.05, 4.69) is 5.16 Å². The number of hydrogen-bond acceptors (Lipinski definition) is 5. The maximum atomic E-state index is 12.4. The molecule has 136 valence electrons. The number of aryl methyl sites for hydroxylation is 1. The Morgan fingerprint density at radius 3 is 2.44 bits per heavy atom. The fourth-order valence-corrected chi connectivity index (χ4v) is 3.71. The van der Waals surface area contributed by atoms with Gasteiger partial charge in [-0.05, 0) is 24.6 Å². The topological polar surface area (TPSA) is 89.3 Å². The van der Waals surface area contributed by atoms with Crippen LogP contribution in [0.1, 0.15) is 20.5 Å². The first-order valence-corrected chi connectivity index (χ1v) is 9.58. The molecule has 0 bridgehead atoms. The monoisotopic (exact) mass is 394 g/mol. The minimum Gasteiger partial charge on any atom is -1.00 e. The van der Waals surface area contributed by atoms with Gasteiger partial charge in [-0.2, -0.15) is 0 Å². The quantitative estimate of drug-likeness (QED) is 0.642. The van der Waals surface area contributed by atoms with E-state index in [-0.39, 0.29) is 42.3 Å². The van der Waals surface area contributed by atoms with Crippen molar-refractivity contribution < 1.29 is 48.7 Å². The van der Waals surface area contributed by atoms with Crippen molar-refractivity contribution in [2.45, 2.75) is 25.2 Å². The number of benzene rings is 2. The van der Waals surface area contributed by atoms with Crippen molar-refractivity contribution in [3.8, 4) is 22.4 Å². The molecule has 2 aromatic carbocycles. The second-order valence-electron chi connectivity index (χ2n) is 5.74. The van der Waals surface area contributed by atoms with Gasteiger partial charge in [-0.25, -0.2) is 13.1 Å². The molecule has 3 aromatic rings. The van der Waals surface area contributed by atoms with Crippen molar-refractivity contribution in [3.05, 3.63) is 60.4 Å². The number of hydrogen-bond donors (Lipinski definition) is 1. The van der Waals surface area contributed by atoms with Gasteiger partial charge in [0.2, 0.25) is 5.91 Å². The fourth-order valence-electron chi connectivity index (χ4n) is 2.60. The van der Waals surface area contributed by atoms with Crippen LogP contribution in [0, 0.1) is 6.92 Å². The summed E-state index contributed by atoms with van der Waals surface area (Å²) in [7, 11) is -3.93. The third kappa shape index (κ3) is 4.68. The second kappa shape index (κ2) is 8.84. The van der Waals surface area contributed by atoms with Crippen LogP contribution >= 0.6 is 0 Å². The Labute approximate surface area is 181 Å². The summed E-state index contributed by atoms with van der Waals surface area (Å²) in [6, 6.07) is 15.9. The van der Waals surface area contributed by atoms with Gasteiger partial charge in [0.1, 0.15) is 11.5 Å². The summed E-state index contributed by atoms with van der Waals surface area (Å²) in [4.78, 5) is 11.5. The third-order valence-corrected chi connectivity index (χ3v) is 5.28. The van der Waals surface area contributed by atoms with Gasteiger partial charge >= 0.3 is 29.6 Å². The molecule has 6 nitrogen and oxygen atoms in total. The summed E-state index contributed by atoms with van der Waals surface area (Å²) in [5.41, 5.74) is 2.87. The van der Waals surface area contributed by atoms with E-state index >= 15 is 0 Å². The van der Waals surface area contributed by atoms with Crippen LogP contribution in [0.15, 0.2) is 64.0 Å². The molecule has 0 unspecified atom stereocenters. The molecule has 0 fully saturated rings. The molecule has 0 aliphatic rings. The zero-order valence-corrected chi connectivity index (χ0v) is 18.2. The summed E-state index contributed by atoms with van der Waals surface area (Å²) < 4.78 is 32.2. The van der Waals surface area contributed by atoms with Gasteiger partial charge < -0.3 is 5.95 Å². The number of nitrogens with one attached hydrogen (secondary N) is 1. The van der Waals surface area contributed by atoms with Gasteiger partial charge in [0, 0.05) is 12.0 Å². The van der Waals surface area contributed by atoms with Crippen molar-refractivity contribution in [1.82, 2.24) is 9.88 Å². The largest absolute Gasteiger partial charge is 1.00 e. The predicted molar refractivity (Wildman–Crippen MR) is 98.8 cm³/mol. The number of aromatic nitrogens is 1. The Morgan fingerprint density at radius 1 is 1.11 bits per heavy atom. The molecule has 0 spiro atoms. The van der Waals surface area contributed by atoms with E-state index in [4.69, 9.17) is 4.52 Å². The Hall–Kier alpha value is -1.93. The Bertz CT molecular complexity index is 1050. The molecular formula is C19H19N2NaO4S. The zero-order valence-electron chi connectivity index (χ0n) is 16.4. The van der Waals surface area contributed by atoms with E-state index in [1.165, 1.54) is 12.1 Å². The van der Waals surface area contributed by atoms with Crippen molar-refractivity contribution >= 4 is 15.9 Å². The summed E-state index contributed by atoms with van der Waals surface area (Å²) in [6.45, 7) is 3.36. The first-order chi connectivity index (χ1) is 12.4. The molecule has 0 atom stereocenters. The van der Waals surface area contributed by atoms with E-state index < -0.39 is 15.9 Å². The van der Waals surface area contributed by atoms with Crippen molar-refractivity contribution in [1.29, 1.82) is 0 Å². The van der Waals surface area contributed by atoms with Gasteiger partial charge in [0.25, 0.3) is 10.0 Å². The van der Waals surface area contributed by atoms with Crippen LogP contribution in [0.25, 0.3) is 22.4 Å². The molecule has 0 saturated carbocycles. The first kappa shape index (κ1) is 21.4. The molecule has 0 saturated heterocycles. The van der Waals surface area contributed by atoms with Gasteiger partial charge in [0.05, 0.1) is 10.5 Å². The maximum absolute atomic E-state index is 12.4. The molecule has 3 rings (SSSR count). The molecular weight excluding hydrogens is 375 g/mol. The molecule has 0 aliphatic carbocycles. The molecule has 0 radical (unpaired) electrons. The smallest absolute Gasteiger partial charge is 1.00 e. The van der Waals surface area contributed by atoms with Crippen LogP contribution in [-0.4, -0.2) is 19.5 Å². The van der Waals surface area contributed by atoms with Crippen molar-refractivity contribution in [2.75, 3.05) is 0 Å². The normalized spacial score (nSPS) is 10.9. The van der Waals surface area contributed by atoms with E-state index in [0.29, 0.717) is 17.0 Å². The Balaban J connectivity index is 0.00000196. The molecule has 27 heavy (non-hydrogen) atoms. The number of sulfonamides is 1. The van der Waals surface area contributed by atoms with Crippen LogP contribution in [0.3, 0.4) is 0 Å². The van der Waals surface area contributed by atoms with Gasteiger partial charge in [0.15, 0.2) is 0 Å².